The number of aliphatic imine (C=N–C) groups is 1. The Bertz CT molecular complexity index is 467. The van der Waals surface area contributed by atoms with E-state index < -0.39 is 30.0 Å². The van der Waals surface area contributed by atoms with E-state index in [0.717, 1.165) is 12.8 Å². The minimum Gasteiger partial charge on any atom is -0.481 e. The monoisotopic (exact) mass is 382 g/mol. The Morgan fingerprint density at radius 3 is 2.04 bits per heavy atom. The number of hydrogen-bond donors (Lipinski definition) is 5. The molecular formula is C15H34N4O7. The maximum atomic E-state index is 11.6. The summed E-state index contributed by atoms with van der Waals surface area (Å²) in [6.07, 6.45) is 0.612. The van der Waals surface area contributed by atoms with E-state index in [4.69, 9.17) is 11.5 Å². The van der Waals surface area contributed by atoms with Crippen molar-refractivity contribution in [3.63, 3.8) is 0 Å². The quantitative estimate of drug-likeness (QED) is 0.229. The number of aliphatic hydroxyl groups excluding tert-OH is 1. The van der Waals surface area contributed by atoms with Crippen LogP contribution in [0.25, 0.3) is 0 Å². The van der Waals surface area contributed by atoms with Gasteiger partial charge in [0.15, 0.2) is 5.96 Å². The summed E-state index contributed by atoms with van der Waals surface area (Å²) in [6.45, 7) is 5.39. The van der Waals surface area contributed by atoms with Crippen LogP contribution in [0.1, 0.15) is 40.0 Å². The van der Waals surface area contributed by atoms with E-state index in [2.05, 4.69) is 10.3 Å². The van der Waals surface area contributed by atoms with E-state index in [9.17, 15) is 19.8 Å². The first kappa shape index (κ1) is 28.8. The molecule has 1 saturated carbocycles. The minimum absolute atomic E-state index is 0. The minimum atomic E-state index is -1.11. The van der Waals surface area contributed by atoms with Gasteiger partial charge in [0.25, 0.3) is 0 Å². The van der Waals surface area contributed by atoms with Gasteiger partial charge in [0.1, 0.15) is 0 Å². The molecule has 11 heteroatoms. The smallest absolute Gasteiger partial charge is 0.309 e. The Balaban J connectivity index is -0.00000176. The molecule has 0 bridgehead atoms. The van der Waals surface area contributed by atoms with Crippen molar-refractivity contribution in [3.8, 4) is 0 Å². The summed E-state index contributed by atoms with van der Waals surface area (Å²) in [5, 5.41) is 22.7. The SMILES string of the molecule is CCC(CC)[C@@H](NC(C)=O)[C@H]1[C@@H](O)[C@H](C(=O)O)C[C@@H]1N=C(N)N.O.O.O. The van der Waals surface area contributed by atoms with Crippen molar-refractivity contribution >= 4 is 17.8 Å². The number of carbonyl (C=O) groups excluding carboxylic acids is 1. The Morgan fingerprint density at radius 2 is 1.69 bits per heavy atom. The molecule has 0 unspecified atom stereocenters. The molecule has 1 aliphatic carbocycles. The summed E-state index contributed by atoms with van der Waals surface area (Å²) in [4.78, 5) is 27.1. The van der Waals surface area contributed by atoms with Crippen LogP contribution >= 0.6 is 0 Å². The first-order valence-corrected chi connectivity index (χ1v) is 7.99. The molecule has 1 amide bonds. The zero-order chi connectivity index (χ0) is 17.7. The van der Waals surface area contributed by atoms with Crippen molar-refractivity contribution in [1.82, 2.24) is 5.32 Å². The Morgan fingerprint density at radius 1 is 1.19 bits per heavy atom. The number of guanidine groups is 1. The molecule has 0 radical (unpaired) electrons. The number of nitrogens with zero attached hydrogens (tertiary/aromatic N) is 1. The molecule has 11 nitrogen and oxygen atoms in total. The fraction of sp³-hybridized carbons (Fsp3) is 0.800. The number of aliphatic carboxylic acids is 1. The molecule has 0 aromatic rings. The van der Waals surface area contributed by atoms with Crippen LogP contribution in [-0.2, 0) is 9.59 Å². The second kappa shape index (κ2) is 12.4. The first-order chi connectivity index (χ1) is 10.7. The van der Waals surface area contributed by atoms with Gasteiger partial charge in [0.05, 0.1) is 18.1 Å². The topological polar surface area (TPSA) is 246 Å². The summed E-state index contributed by atoms with van der Waals surface area (Å²) in [5.74, 6) is -2.84. The summed E-state index contributed by atoms with van der Waals surface area (Å²) in [5.41, 5.74) is 10.9. The highest BCUT2D eigenvalue weighted by Gasteiger charge is 2.50. The molecule has 0 aromatic heterocycles. The van der Waals surface area contributed by atoms with Gasteiger partial charge in [-0.2, -0.15) is 0 Å². The molecule has 0 spiro atoms. The Kier molecular flexibility index (Phi) is 13.8. The second-order valence-corrected chi connectivity index (χ2v) is 6.17. The number of rotatable bonds is 7. The van der Waals surface area contributed by atoms with E-state index in [-0.39, 0.29) is 46.7 Å². The zero-order valence-corrected chi connectivity index (χ0v) is 15.4. The van der Waals surface area contributed by atoms with Crippen molar-refractivity contribution in [2.75, 3.05) is 0 Å². The Labute approximate surface area is 152 Å². The van der Waals surface area contributed by atoms with E-state index in [1.165, 1.54) is 6.92 Å². The number of nitrogens with one attached hydrogen (secondary N) is 1. The van der Waals surface area contributed by atoms with E-state index in [0.29, 0.717) is 0 Å². The highest BCUT2D eigenvalue weighted by molar-refractivity contribution is 5.76. The lowest BCUT2D eigenvalue weighted by atomic mass is 9.80. The van der Waals surface area contributed by atoms with Crippen LogP contribution < -0.4 is 16.8 Å². The van der Waals surface area contributed by atoms with Gasteiger partial charge in [0, 0.05) is 18.9 Å². The van der Waals surface area contributed by atoms with E-state index >= 15 is 0 Å². The third-order valence-corrected chi connectivity index (χ3v) is 4.72. The number of carbonyl (C=O) groups is 2. The number of carboxylic acids is 1. The molecule has 13 N–H and O–H groups in total. The number of nitrogens with two attached hydrogens (primary N) is 2. The van der Waals surface area contributed by atoms with Crippen LogP contribution in [0.3, 0.4) is 0 Å². The van der Waals surface area contributed by atoms with Gasteiger partial charge in [-0.15, -0.1) is 0 Å². The molecule has 0 aromatic carbocycles. The third kappa shape index (κ3) is 6.75. The average molecular weight is 382 g/mol. The number of amides is 1. The molecule has 26 heavy (non-hydrogen) atoms. The van der Waals surface area contributed by atoms with Crippen LogP contribution in [0.5, 0.6) is 0 Å². The number of aliphatic hydroxyl groups is 1. The highest BCUT2D eigenvalue weighted by Crippen LogP contribution is 2.39. The average Bonchev–Trinajstić information content (AvgIpc) is 2.74. The normalized spacial score (nSPS) is 25.1. The molecule has 1 aliphatic rings. The van der Waals surface area contributed by atoms with Crippen molar-refractivity contribution in [2.24, 2.45) is 34.2 Å². The van der Waals surface area contributed by atoms with Gasteiger partial charge in [-0.3, -0.25) is 9.59 Å². The van der Waals surface area contributed by atoms with Crippen molar-refractivity contribution in [2.45, 2.75) is 58.2 Å². The lowest BCUT2D eigenvalue weighted by Gasteiger charge is -2.35. The second-order valence-electron chi connectivity index (χ2n) is 6.17. The highest BCUT2D eigenvalue weighted by atomic mass is 16.4. The molecule has 5 atom stereocenters. The van der Waals surface area contributed by atoms with Crippen LogP contribution in [0, 0.1) is 17.8 Å². The van der Waals surface area contributed by atoms with Gasteiger partial charge in [-0.25, -0.2) is 4.99 Å². The van der Waals surface area contributed by atoms with Crippen LogP contribution in [0.15, 0.2) is 4.99 Å². The summed E-state index contributed by atoms with van der Waals surface area (Å²) >= 11 is 0. The maximum absolute atomic E-state index is 11.6. The first-order valence-electron chi connectivity index (χ1n) is 7.99. The van der Waals surface area contributed by atoms with Crippen LogP contribution in [0.4, 0.5) is 0 Å². The molecule has 0 heterocycles. The fourth-order valence-corrected chi connectivity index (χ4v) is 3.64. The molecule has 1 fully saturated rings. The van der Waals surface area contributed by atoms with E-state index in [1.54, 1.807) is 0 Å². The lowest BCUT2D eigenvalue weighted by Crippen LogP contribution is -2.51. The predicted octanol–water partition coefficient (Wildman–Crippen LogP) is -2.82. The van der Waals surface area contributed by atoms with Gasteiger partial charge in [0.2, 0.25) is 5.91 Å². The van der Waals surface area contributed by atoms with Crippen molar-refractivity contribution in [1.29, 1.82) is 0 Å². The summed E-state index contributed by atoms with van der Waals surface area (Å²) < 4.78 is 0. The zero-order valence-electron chi connectivity index (χ0n) is 15.4. The molecule has 156 valence electrons. The van der Waals surface area contributed by atoms with Gasteiger partial charge >= 0.3 is 5.97 Å². The van der Waals surface area contributed by atoms with Gasteiger partial charge in [-0.05, 0) is 12.3 Å². The summed E-state index contributed by atoms with van der Waals surface area (Å²) in [7, 11) is 0. The lowest BCUT2D eigenvalue weighted by molar-refractivity contribution is -0.145. The number of carboxylic acid groups (broad SMARTS) is 1. The van der Waals surface area contributed by atoms with Crippen molar-refractivity contribution < 1.29 is 36.2 Å². The predicted molar refractivity (Wildman–Crippen MR) is 97.4 cm³/mol. The third-order valence-electron chi connectivity index (χ3n) is 4.72. The van der Waals surface area contributed by atoms with Gasteiger partial charge < -0.3 is 43.4 Å². The van der Waals surface area contributed by atoms with Gasteiger partial charge in [-0.1, -0.05) is 26.7 Å². The van der Waals surface area contributed by atoms with Crippen LogP contribution in [-0.4, -0.2) is 62.7 Å². The summed E-state index contributed by atoms with van der Waals surface area (Å²) in [6, 6.07) is -0.913. The van der Waals surface area contributed by atoms with Crippen LogP contribution in [0.2, 0.25) is 0 Å². The fourth-order valence-electron chi connectivity index (χ4n) is 3.64. The maximum Gasteiger partial charge on any atom is 0.309 e. The molecule has 0 saturated heterocycles. The molecule has 1 rings (SSSR count). The Hall–Kier alpha value is -1.95. The standard InChI is InChI=1S/C15H28N4O4.3H2O/c1-4-8(5-2)12(18-7(3)20)11-10(19-15(16)17)6-9(13(11)21)14(22)23;;;/h8-13,21H,4-6H2,1-3H3,(H,18,20)(H,22,23)(H4,16,17,19);3*1H2/t9-,10+,11+,12-,13+;;;/m1.../s1. The van der Waals surface area contributed by atoms with Crippen molar-refractivity contribution in [3.05, 3.63) is 0 Å². The number of hydrogen-bond acceptors (Lipinski definition) is 4. The largest absolute Gasteiger partial charge is 0.481 e. The molecule has 0 aliphatic heterocycles. The van der Waals surface area contributed by atoms with E-state index in [1.807, 2.05) is 13.8 Å². The molecular weight excluding hydrogens is 348 g/mol.